The van der Waals surface area contributed by atoms with Crippen molar-refractivity contribution in [2.24, 2.45) is 0 Å². The number of ketones is 1. The summed E-state index contributed by atoms with van der Waals surface area (Å²) in [4.78, 5) is 41.9. The van der Waals surface area contributed by atoms with E-state index in [0.29, 0.717) is 16.9 Å². The van der Waals surface area contributed by atoms with Gasteiger partial charge in [-0.15, -0.1) is 0 Å². The normalized spacial score (nSPS) is 13.1. The molecule has 46 heavy (non-hydrogen) atoms. The van der Waals surface area contributed by atoms with Crippen LogP contribution in [0.5, 0.6) is 23.0 Å². The smallest absolute Gasteiger partial charge is 0.343 e. The Bertz CT molecular complexity index is 1960. The monoisotopic (exact) mass is 616 g/mol. The van der Waals surface area contributed by atoms with Crippen molar-refractivity contribution in [3.05, 3.63) is 125 Å². The average Bonchev–Trinajstić information content (AvgIpc) is 3.57. The van der Waals surface area contributed by atoms with E-state index >= 15 is 0 Å². The van der Waals surface area contributed by atoms with Crippen molar-refractivity contribution >= 4 is 34.7 Å². The summed E-state index contributed by atoms with van der Waals surface area (Å²) < 4.78 is 25.1. The molecule has 0 amide bonds. The Balaban J connectivity index is 1.38. The third-order valence-corrected chi connectivity index (χ3v) is 7.55. The van der Waals surface area contributed by atoms with E-state index in [4.69, 9.17) is 18.9 Å². The SMILES string of the molecule is COc1ccc2c(c1)c(C=C1Oc3cc(OC(=O)c4ccccc4)cc(OC(=O)c4ccccc4)c3C1=O)cn2CCCN(C)C. The molecule has 0 bridgehead atoms. The van der Waals surface area contributed by atoms with Crippen molar-refractivity contribution in [2.75, 3.05) is 27.7 Å². The minimum Gasteiger partial charge on any atom is -0.497 e. The van der Waals surface area contributed by atoms with Crippen molar-refractivity contribution in [2.45, 2.75) is 13.0 Å². The van der Waals surface area contributed by atoms with Gasteiger partial charge in [0, 0.05) is 41.3 Å². The van der Waals surface area contributed by atoms with Crippen LogP contribution in [0.1, 0.15) is 43.1 Å². The number of carbonyl (C=O) groups is 3. The van der Waals surface area contributed by atoms with Crippen molar-refractivity contribution in [3.63, 3.8) is 0 Å². The van der Waals surface area contributed by atoms with Crippen LogP contribution in [0.25, 0.3) is 17.0 Å². The molecule has 0 atom stereocenters. The summed E-state index contributed by atoms with van der Waals surface area (Å²) in [6, 6.07) is 25.5. The summed E-state index contributed by atoms with van der Waals surface area (Å²) in [5.41, 5.74) is 2.43. The maximum atomic E-state index is 13.9. The topological polar surface area (TPSA) is 96.3 Å². The lowest BCUT2D eigenvalue weighted by molar-refractivity contribution is 0.0732. The standard InChI is InChI=1S/C37H32N2O7/c1-38(2)17-10-18-39-23-26(29-20-27(43-3)15-16-30(29)39)19-33-35(40)34-31(45-33)21-28(44-36(41)24-11-6-4-7-12-24)22-32(34)46-37(42)25-13-8-5-9-14-25/h4-9,11-16,19-23H,10,17-18H2,1-3H3. The Labute approximate surface area is 266 Å². The molecule has 0 N–H and O–H groups in total. The molecule has 0 spiro atoms. The Morgan fingerprint density at radius 2 is 1.52 bits per heavy atom. The Hall–Kier alpha value is -5.67. The second kappa shape index (κ2) is 13.1. The zero-order valence-electron chi connectivity index (χ0n) is 25.7. The van der Waals surface area contributed by atoms with Crippen LogP contribution in [0.4, 0.5) is 0 Å². The first kappa shape index (κ1) is 30.4. The number of methoxy groups -OCH3 is 1. The molecule has 1 aliphatic heterocycles. The number of nitrogens with zero attached hydrogens (tertiary/aromatic N) is 2. The van der Waals surface area contributed by atoms with Crippen LogP contribution >= 0.6 is 0 Å². The van der Waals surface area contributed by atoms with Gasteiger partial charge in [0.25, 0.3) is 0 Å². The molecule has 2 heterocycles. The van der Waals surface area contributed by atoms with Gasteiger partial charge in [-0.1, -0.05) is 36.4 Å². The van der Waals surface area contributed by atoms with Crippen LogP contribution in [0.15, 0.2) is 103 Å². The van der Waals surface area contributed by atoms with E-state index in [1.165, 1.54) is 12.1 Å². The zero-order valence-corrected chi connectivity index (χ0v) is 25.7. The molecule has 1 aliphatic rings. The number of aryl methyl sites for hydroxylation is 1. The van der Waals surface area contributed by atoms with Gasteiger partial charge in [0.1, 0.15) is 28.6 Å². The molecule has 6 rings (SSSR count). The van der Waals surface area contributed by atoms with Gasteiger partial charge < -0.3 is 28.4 Å². The van der Waals surface area contributed by atoms with Crippen LogP contribution in [0.2, 0.25) is 0 Å². The van der Waals surface area contributed by atoms with Gasteiger partial charge in [-0.25, -0.2) is 9.59 Å². The molecule has 232 valence electrons. The number of aromatic nitrogens is 1. The fraction of sp³-hybridized carbons (Fsp3) is 0.162. The van der Waals surface area contributed by atoms with E-state index in [2.05, 4.69) is 9.47 Å². The highest BCUT2D eigenvalue weighted by atomic mass is 16.6. The summed E-state index contributed by atoms with van der Waals surface area (Å²) in [6.45, 7) is 1.69. The van der Waals surface area contributed by atoms with E-state index in [-0.39, 0.29) is 28.6 Å². The van der Waals surface area contributed by atoms with E-state index in [1.54, 1.807) is 73.8 Å². The number of rotatable bonds is 10. The number of hydrogen-bond donors (Lipinski definition) is 0. The van der Waals surface area contributed by atoms with Crippen molar-refractivity contribution in [3.8, 4) is 23.0 Å². The quantitative estimate of drug-likeness (QED) is 0.0977. The van der Waals surface area contributed by atoms with Crippen molar-refractivity contribution in [1.29, 1.82) is 0 Å². The molecular formula is C37H32N2O7. The second-order valence-electron chi connectivity index (χ2n) is 11.1. The first-order chi connectivity index (χ1) is 22.3. The summed E-state index contributed by atoms with van der Waals surface area (Å²) in [5, 5.41) is 0.886. The average molecular weight is 617 g/mol. The fourth-order valence-corrected chi connectivity index (χ4v) is 5.30. The zero-order chi connectivity index (χ0) is 32.2. The van der Waals surface area contributed by atoms with Gasteiger partial charge in [-0.05, 0) is 75.6 Å². The van der Waals surface area contributed by atoms with E-state index in [0.717, 1.165) is 36.0 Å². The molecule has 0 unspecified atom stereocenters. The highest BCUT2D eigenvalue weighted by Gasteiger charge is 2.34. The van der Waals surface area contributed by atoms with Crippen LogP contribution < -0.4 is 18.9 Å². The van der Waals surface area contributed by atoms with E-state index < -0.39 is 17.7 Å². The number of esters is 2. The predicted molar refractivity (Wildman–Crippen MR) is 174 cm³/mol. The van der Waals surface area contributed by atoms with Crippen molar-refractivity contribution in [1.82, 2.24) is 9.47 Å². The molecule has 9 nitrogen and oxygen atoms in total. The molecule has 4 aromatic carbocycles. The Kier molecular flexibility index (Phi) is 8.67. The van der Waals surface area contributed by atoms with Gasteiger partial charge in [0.05, 0.1) is 18.2 Å². The molecule has 5 aromatic rings. The maximum absolute atomic E-state index is 13.9. The molecular weight excluding hydrogens is 584 g/mol. The summed E-state index contributed by atoms with van der Waals surface area (Å²) in [5.74, 6) is -0.956. The maximum Gasteiger partial charge on any atom is 0.343 e. The minimum absolute atomic E-state index is 0.0358. The molecule has 9 heteroatoms. The first-order valence-corrected chi connectivity index (χ1v) is 14.8. The highest BCUT2D eigenvalue weighted by molar-refractivity contribution is 6.17. The first-order valence-electron chi connectivity index (χ1n) is 14.8. The van der Waals surface area contributed by atoms with Gasteiger partial charge in [-0.3, -0.25) is 4.79 Å². The molecule has 0 aliphatic carbocycles. The lowest BCUT2D eigenvalue weighted by Gasteiger charge is -2.11. The molecule has 0 saturated carbocycles. The summed E-state index contributed by atoms with van der Waals surface area (Å²) >= 11 is 0. The molecule has 0 radical (unpaired) electrons. The summed E-state index contributed by atoms with van der Waals surface area (Å²) in [6.07, 6.45) is 4.58. The Morgan fingerprint density at radius 1 is 0.848 bits per heavy atom. The van der Waals surface area contributed by atoms with Crippen LogP contribution in [-0.4, -0.2) is 54.9 Å². The summed E-state index contributed by atoms with van der Waals surface area (Å²) in [7, 11) is 5.68. The second-order valence-corrected chi connectivity index (χ2v) is 11.1. The van der Waals surface area contributed by atoms with Crippen LogP contribution in [0, 0.1) is 0 Å². The van der Waals surface area contributed by atoms with Crippen molar-refractivity contribution < 1.29 is 33.3 Å². The van der Waals surface area contributed by atoms with Gasteiger partial charge in [-0.2, -0.15) is 0 Å². The number of carbonyl (C=O) groups excluding carboxylic acids is 3. The molecule has 0 saturated heterocycles. The third-order valence-electron chi connectivity index (χ3n) is 7.55. The Morgan fingerprint density at radius 3 is 2.17 bits per heavy atom. The lowest BCUT2D eigenvalue weighted by atomic mass is 10.1. The van der Waals surface area contributed by atoms with Crippen LogP contribution in [-0.2, 0) is 6.54 Å². The lowest BCUT2D eigenvalue weighted by Crippen LogP contribution is -2.14. The third kappa shape index (κ3) is 6.40. The number of benzene rings is 4. The predicted octanol–water partition coefficient (Wildman–Crippen LogP) is 6.66. The van der Waals surface area contributed by atoms with Gasteiger partial charge >= 0.3 is 11.9 Å². The number of ether oxygens (including phenoxy) is 4. The largest absolute Gasteiger partial charge is 0.497 e. The van der Waals surface area contributed by atoms with E-state index in [9.17, 15) is 14.4 Å². The van der Waals surface area contributed by atoms with Gasteiger partial charge in [0.2, 0.25) is 5.78 Å². The molecule has 0 fully saturated rings. The number of fused-ring (bicyclic) bond motifs is 2. The molecule has 1 aromatic heterocycles. The van der Waals surface area contributed by atoms with Gasteiger partial charge in [0.15, 0.2) is 5.76 Å². The highest BCUT2D eigenvalue weighted by Crippen LogP contribution is 2.42. The number of hydrogen-bond acceptors (Lipinski definition) is 8. The minimum atomic E-state index is -0.674. The number of Topliss-reactive ketones (excluding diaryl/α,β-unsaturated/α-hetero) is 1. The van der Waals surface area contributed by atoms with E-state index in [1.807, 2.05) is 38.5 Å². The van der Waals surface area contributed by atoms with Crippen LogP contribution in [0.3, 0.4) is 0 Å². The number of allylic oxidation sites excluding steroid dienone is 1. The fourth-order valence-electron chi connectivity index (χ4n) is 5.30.